The van der Waals surface area contributed by atoms with Crippen LogP contribution in [0.3, 0.4) is 0 Å². The van der Waals surface area contributed by atoms with Gasteiger partial charge in [-0.15, -0.1) is 11.3 Å². The van der Waals surface area contributed by atoms with Crippen LogP contribution in [0.15, 0.2) is 77.2 Å². The maximum absolute atomic E-state index is 12.2. The molecule has 0 saturated heterocycles. The highest BCUT2D eigenvalue weighted by atomic mass is 32.1. The predicted molar refractivity (Wildman–Crippen MR) is 95.9 cm³/mol. The molecule has 0 aliphatic carbocycles. The van der Waals surface area contributed by atoms with Crippen LogP contribution in [0.1, 0.15) is 22.2 Å². The zero-order chi connectivity index (χ0) is 16.1. The average molecular weight is 320 g/mol. The molecule has 0 radical (unpaired) electrons. The van der Waals surface area contributed by atoms with Gasteiger partial charge in [0, 0.05) is 10.4 Å². The molecule has 0 unspecified atom stereocenters. The smallest absolute Gasteiger partial charge is 0.267 e. The molecule has 0 saturated carbocycles. The molecule has 4 heteroatoms. The van der Waals surface area contributed by atoms with Crippen LogP contribution >= 0.6 is 11.3 Å². The molecule has 3 aromatic rings. The van der Waals surface area contributed by atoms with Crippen molar-refractivity contribution in [3.05, 3.63) is 82.6 Å². The maximum Gasteiger partial charge on any atom is 0.271 e. The topological polar surface area (TPSA) is 41.5 Å². The summed E-state index contributed by atoms with van der Waals surface area (Å²) in [5, 5.41) is 6.14. The SMILES string of the molecule is C/C(=N\NC(=O)c1ccc(-c2ccccc2)cc1)c1cccs1. The number of carbonyl (C=O) groups is 1. The third-order valence-electron chi connectivity index (χ3n) is 3.46. The molecule has 0 atom stereocenters. The Bertz CT molecular complexity index is 806. The van der Waals surface area contributed by atoms with Crippen molar-refractivity contribution in [2.45, 2.75) is 6.92 Å². The summed E-state index contributed by atoms with van der Waals surface area (Å²) in [6.07, 6.45) is 0. The van der Waals surface area contributed by atoms with Gasteiger partial charge in [0.05, 0.1) is 5.71 Å². The maximum atomic E-state index is 12.2. The van der Waals surface area contributed by atoms with Crippen molar-refractivity contribution in [3.63, 3.8) is 0 Å². The molecule has 0 aliphatic rings. The summed E-state index contributed by atoms with van der Waals surface area (Å²) in [7, 11) is 0. The lowest BCUT2D eigenvalue weighted by Crippen LogP contribution is -2.19. The quantitative estimate of drug-likeness (QED) is 0.555. The van der Waals surface area contributed by atoms with Crippen molar-refractivity contribution >= 4 is 23.0 Å². The fourth-order valence-electron chi connectivity index (χ4n) is 2.18. The lowest BCUT2D eigenvalue weighted by Gasteiger charge is -2.04. The second-order valence-corrected chi connectivity index (χ2v) is 6.01. The monoisotopic (exact) mass is 320 g/mol. The van der Waals surface area contributed by atoms with Crippen molar-refractivity contribution in [1.82, 2.24) is 5.43 Å². The van der Waals surface area contributed by atoms with Crippen molar-refractivity contribution in [1.29, 1.82) is 0 Å². The van der Waals surface area contributed by atoms with Crippen molar-refractivity contribution in [2.24, 2.45) is 5.10 Å². The average Bonchev–Trinajstić information content (AvgIpc) is 3.15. The molecule has 23 heavy (non-hydrogen) atoms. The van der Waals surface area contributed by atoms with E-state index in [4.69, 9.17) is 0 Å². The van der Waals surface area contributed by atoms with Crippen LogP contribution < -0.4 is 5.43 Å². The molecule has 114 valence electrons. The van der Waals surface area contributed by atoms with Crippen LogP contribution in [0.2, 0.25) is 0 Å². The predicted octanol–water partition coefficient (Wildman–Crippen LogP) is 4.57. The van der Waals surface area contributed by atoms with E-state index in [2.05, 4.69) is 10.5 Å². The normalized spacial score (nSPS) is 11.3. The number of benzene rings is 2. The van der Waals surface area contributed by atoms with Crippen LogP contribution in [0.5, 0.6) is 0 Å². The van der Waals surface area contributed by atoms with E-state index in [9.17, 15) is 4.79 Å². The summed E-state index contributed by atoms with van der Waals surface area (Å²) in [4.78, 5) is 13.2. The van der Waals surface area contributed by atoms with E-state index in [0.717, 1.165) is 21.7 Å². The number of thiophene rings is 1. The Morgan fingerprint density at radius 3 is 2.26 bits per heavy atom. The van der Waals surface area contributed by atoms with E-state index in [-0.39, 0.29) is 5.91 Å². The molecular formula is C19H16N2OS. The first kappa shape index (κ1) is 15.2. The highest BCUT2D eigenvalue weighted by Crippen LogP contribution is 2.19. The van der Waals surface area contributed by atoms with Gasteiger partial charge in [-0.05, 0) is 41.6 Å². The molecule has 1 heterocycles. The van der Waals surface area contributed by atoms with Crippen LogP contribution in [-0.4, -0.2) is 11.6 Å². The van der Waals surface area contributed by atoms with Crippen molar-refractivity contribution < 1.29 is 4.79 Å². The third kappa shape index (κ3) is 3.73. The second-order valence-electron chi connectivity index (χ2n) is 5.06. The van der Waals surface area contributed by atoms with E-state index in [1.165, 1.54) is 0 Å². The Balaban J connectivity index is 1.70. The minimum Gasteiger partial charge on any atom is -0.267 e. The van der Waals surface area contributed by atoms with E-state index in [1.807, 2.05) is 79.0 Å². The highest BCUT2D eigenvalue weighted by molar-refractivity contribution is 7.12. The number of hydrogen-bond acceptors (Lipinski definition) is 3. The van der Waals surface area contributed by atoms with E-state index in [1.54, 1.807) is 11.3 Å². The summed E-state index contributed by atoms with van der Waals surface area (Å²) in [6, 6.07) is 21.5. The molecule has 0 spiro atoms. The van der Waals surface area contributed by atoms with E-state index >= 15 is 0 Å². The van der Waals surface area contributed by atoms with Gasteiger partial charge in [-0.1, -0.05) is 48.5 Å². The Labute approximate surface area is 139 Å². The van der Waals surface area contributed by atoms with Crippen LogP contribution in [-0.2, 0) is 0 Å². The van der Waals surface area contributed by atoms with Gasteiger partial charge in [0.15, 0.2) is 0 Å². The van der Waals surface area contributed by atoms with E-state index < -0.39 is 0 Å². The molecular weight excluding hydrogens is 304 g/mol. The summed E-state index contributed by atoms with van der Waals surface area (Å²) >= 11 is 1.60. The minimum atomic E-state index is -0.208. The van der Waals surface area contributed by atoms with Crippen LogP contribution in [0, 0.1) is 0 Å². The summed E-state index contributed by atoms with van der Waals surface area (Å²) < 4.78 is 0. The number of amides is 1. The summed E-state index contributed by atoms with van der Waals surface area (Å²) in [6.45, 7) is 1.88. The van der Waals surface area contributed by atoms with Gasteiger partial charge >= 0.3 is 0 Å². The Morgan fingerprint density at radius 1 is 0.913 bits per heavy atom. The van der Waals surface area contributed by atoms with Crippen molar-refractivity contribution in [3.8, 4) is 11.1 Å². The highest BCUT2D eigenvalue weighted by Gasteiger charge is 2.06. The van der Waals surface area contributed by atoms with Gasteiger partial charge in [0.25, 0.3) is 5.91 Å². The summed E-state index contributed by atoms with van der Waals surface area (Å²) in [5.74, 6) is -0.208. The van der Waals surface area contributed by atoms with Gasteiger partial charge in [0.2, 0.25) is 0 Å². The van der Waals surface area contributed by atoms with Gasteiger partial charge in [-0.25, -0.2) is 5.43 Å². The fourth-order valence-corrected chi connectivity index (χ4v) is 2.86. The first-order valence-electron chi connectivity index (χ1n) is 7.28. The zero-order valence-corrected chi connectivity index (χ0v) is 13.5. The first-order chi connectivity index (χ1) is 11.2. The Hall–Kier alpha value is -2.72. The number of carbonyl (C=O) groups excluding carboxylic acids is 1. The molecule has 3 nitrogen and oxygen atoms in total. The standard InChI is InChI=1S/C19H16N2OS/c1-14(18-8-5-13-23-18)20-21-19(22)17-11-9-16(10-12-17)15-6-3-2-4-7-15/h2-13H,1H3,(H,21,22)/b20-14+. The lowest BCUT2D eigenvalue weighted by atomic mass is 10.0. The third-order valence-corrected chi connectivity index (χ3v) is 4.44. The molecule has 0 bridgehead atoms. The Kier molecular flexibility index (Phi) is 4.64. The first-order valence-corrected chi connectivity index (χ1v) is 8.16. The van der Waals surface area contributed by atoms with Crippen molar-refractivity contribution in [2.75, 3.05) is 0 Å². The summed E-state index contributed by atoms with van der Waals surface area (Å²) in [5.41, 5.74) is 6.21. The molecule has 0 aliphatic heterocycles. The second kappa shape index (κ2) is 7.03. The zero-order valence-electron chi connectivity index (χ0n) is 12.7. The Morgan fingerprint density at radius 2 is 1.61 bits per heavy atom. The molecule has 1 N–H and O–H groups in total. The van der Waals surface area contributed by atoms with Gasteiger partial charge in [0.1, 0.15) is 0 Å². The van der Waals surface area contributed by atoms with Gasteiger partial charge < -0.3 is 0 Å². The molecule has 2 aromatic carbocycles. The van der Waals surface area contributed by atoms with Gasteiger partial charge in [-0.3, -0.25) is 4.79 Å². The van der Waals surface area contributed by atoms with Crippen LogP contribution in [0.25, 0.3) is 11.1 Å². The van der Waals surface area contributed by atoms with Crippen LogP contribution in [0.4, 0.5) is 0 Å². The fraction of sp³-hybridized carbons (Fsp3) is 0.0526. The number of hydrazone groups is 1. The molecule has 0 fully saturated rings. The molecule has 1 aromatic heterocycles. The number of nitrogens with one attached hydrogen (secondary N) is 1. The van der Waals surface area contributed by atoms with E-state index in [0.29, 0.717) is 5.56 Å². The molecule has 1 amide bonds. The largest absolute Gasteiger partial charge is 0.271 e. The number of nitrogens with zero attached hydrogens (tertiary/aromatic N) is 1. The minimum absolute atomic E-state index is 0.208. The lowest BCUT2D eigenvalue weighted by molar-refractivity contribution is 0.0955. The number of rotatable bonds is 4. The van der Waals surface area contributed by atoms with Gasteiger partial charge in [-0.2, -0.15) is 5.10 Å². The number of hydrogen-bond donors (Lipinski definition) is 1. The molecule has 3 rings (SSSR count).